The highest BCUT2D eigenvalue weighted by Crippen LogP contribution is 2.23. The Labute approximate surface area is 89.7 Å². The molecule has 0 saturated heterocycles. The molecule has 3 nitrogen and oxygen atoms in total. The number of nitrogens with two attached hydrogens (primary N) is 1. The van der Waals surface area contributed by atoms with E-state index in [0.29, 0.717) is 12.5 Å². The van der Waals surface area contributed by atoms with Gasteiger partial charge in [-0.15, -0.1) is 0 Å². The van der Waals surface area contributed by atoms with E-state index in [9.17, 15) is 0 Å². The van der Waals surface area contributed by atoms with Gasteiger partial charge < -0.3 is 5.73 Å². The van der Waals surface area contributed by atoms with Gasteiger partial charge in [0.1, 0.15) is 0 Å². The topological polar surface area (TPSA) is 54.7 Å². The number of rotatable bonds is 3. The Morgan fingerprint density at radius 3 is 2.87 bits per heavy atom. The summed E-state index contributed by atoms with van der Waals surface area (Å²) in [5.41, 5.74) is 9.04. The van der Waals surface area contributed by atoms with Crippen LogP contribution in [0.15, 0.2) is 18.2 Å². The van der Waals surface area contributed by atoms with Crippen LogP contribution in [0.2, 0.25) is 0 Å². The van der Waals surface area contributed by atoms with E-state index in [2.05, 4.69) is 42.2 Å². The molecule has 15 heavy (non-hydrogen) atoms. The average molecular weight is 203 g/mol. The van der Waals surface area contributed by atoms with Crippen molar-refractivity contribution in [1.29, 1.82) is 0 Å². The molecule has 1 aromatic carbocycles. The summed E-state index contributed by atoms with van der Waals surface area (Å²) in [6.45, 7) is 5.02. The van der Waals surface area contributed by atoms with Gasteiger partial charge in [0, 0.05) is 11.1 Å². The van der Waals surface area contributed by atoms with E-state index in [1.165, 1.54) is 16.6 Å². The Balaban J connectivity index is 2.47. The highest BCUT2D eigenvalue weighted by molar-refractivity contribution is 5.82. The second-order valence-corrected chi connectivity index (χ2v) is 4.18. The van der Waals surface area contributed by atoms with E-state index in [1.807, 2.05) is 0 Å². The maximum atomic E-state index is 5.53. The summed E-state index contributed by atoms with van der Waals surface area (Å²) in [4.78, 5) is 0. The number of H-pyrrole nitrogens is 1. The lowest BCUT2D eigenvalue weighted by molar-refractivity contribution is 0.818. The van der Waals surface area contributed by atoms with Crippen molar-refractivity contribution in [3.63, 3.8) is 0 Å². The Kier molecular flexibility index (Phi) is 2.73. The van der Waals surface area contributed by atoms with Crippen molar-refractivity contribution in [3.05, 3.63) is 29.5 Å². The number of nitrogens with one attached hydrogen (secondary N) is 1. The van der Waals surface area contributed by atoms with Crippen LogP contribution in [0.3, 0.4) is 0 Å². The van der Waals surface area contributed by atoms with Crippen molar-refractivity contribution in [3.8, 4) is 0 Å². The van der Waals surface area contributed by atoms with Crippen molar-refractivity contribution in [2.45, 2.75) is 26.2 Å². The molecule has 2 aromatic rings. The molecule has 0 spiro atoms. The summed E-state index contributed by atoms with van der Waals surface area (Å²) in [6.07, 6.45) is 0.916. The minimum Gasteiger partial charge on any atom is -0.330 e. The van der Waals surface area contributed by atoms with Crippen molar-refractivity contribution in [2.24, 2.45) is 5.73 Å². The molecule has 0 aliphatic rings. The van der Waals surface area contributed by atoms with Gasteiger partial charge in [0.15, 0.2) is 0 Å². The predicted molar refractivity (Wildman–Crippen MR) is 62.9 cm³/mol. The smallest absolute Gasteiger partial charge is 0.0926 e. The largest absolute Gasteiger partial charge is 0.330 e. The van der Waals surface area contributed by atoms with Gasteiger partial charge in [-0.3, -0.25) is 5.10 Å². The number of aromatic nitrogens is 2. The molecule has 3 N–H and O–H groups in total. The molecule has 0 aliphatic carbocycles. The fourth-order valence-corrected chi connectivity index (χ4v) is 1.84. The molecule has 3 heteroatoms. The van der Waals surface area contributed by atoms with Gasteiger partial charge in [0.25, 0.3) is 0 Å². The average Bonchev–Trinajstić information content (AvgIpc) is 2.61. The monoisotopic (exact) mass is 203 g/mol. The maximum Gasteiger partial charge on any atom is 0.0926 e. The quantitative estimate of drug-likeness (QED) is 0.803. The van der Waals surface area contributed by atoms with Crippen LogP contribution < -0.4 is 5.73 Å². The minimum absolute atomic E-state index is 0.482. The van der Waals surface area contributed by atoms with E-state index >= 15 is 0 Å². The minimum atomic E-state index is 0.482. The highest BCUT2D eigenvalue weighted by atomic mass is 15.1. The first-order valence-corrected chi connectivity index (χ1v) is 5.39. The van der Waals surface area contributed by atoms with E-state index in [1.54, 1.807) is 0 Å². The van der Waals surface area contributed by atoms with Gasteiger partial charge in [-0.05, 0) is 30.5 Å². The van der Waals surface area contributed by atoms with Crippen molar-refractivity contribution in [2.75, 3.05) is 6.54 Å². The zero-order valence-electron chi connectivity index (χ0n) is 9.25. The van der Waals surface area contributed by atoms with Crippen LogP contribution in [0.25, 0.3) is 10.9 Å². The van der Waals surface area contributed by atoms with Gasteiger partial charge in [-0.25, -0.2) is 0 Å². The third-order valence-corrected chi connectivity index (χ3v) is 2.66. The van der Waals surface area contributed by atoms with E-state index in [0.717, 1.165) is 11.9 Å². The van der Waals surface area contributed by atoms with Gasteiger partial charge in [-0.2, -0.15) is 5.10 Å². The van der Waals surface area contributed by atoms with Gasteiger partial charge in [0.2, 0.25) is 0 Å². The number of hydrogen-bond donors (Lipinski definition) is 2. The molecule has 0 atom stereocenters. The van der Waals surface area contributed by atoms with Gasteiger partial charge in [0.05, 0.1) is 5.52 Å². The summed E-state index contributed by atoms with van der Waals surface area (Å²) < 4.78 is 0. The molecule has 80 valence electrons. The summed E-state index contributed by atoms with van der Waals surface area (Å²) in [5, 5.41) is 8.65. The summed E-state index contributed by atoms with van der Waals surface area (Å²) in [5.74, 6) is 0.482. The molecule has 0 radical (unpaired) electrons. The van der Waals surface area contributed by atoms with E-state index in [4.69, 9.17) is 5.73 Å². The Hall–Kier alpha value is -1.35. The van der Waals surface area contributed by atoms with E-state index < -0.39 is 0 Å². The summed E-state index contributed by atoms with van der Waals surface area (Å²) in [7, 11) is 0. The summed E-state index contributed by atoms with van der Waals surface area (Å²) in [6, 6.07) is 6.39. The zero-order valence-corrected chi connectivity index (χ0v) is 9.25. The normalized spacial score (nSPS) is 11.5. The molecule has 1 aromatic heterocycles. The van der Waals surface area contributed by atoms with Crippen LogP contribution in [-0.2, 0) is 6.42 Å². The van der Waals surface area contributed by atoms with Crippen molar-refractivity contribution in [1.82, 2.24) is 10.2 Å². The molecule has 0 fully saturated rings. The van der Waals surface area contributed by atoms with Crippen LogP contribution >= 0.6 is 0 Å². The van der Waals surface area contributed by atoms with Crippen molar-refractivity contribution < 1.29 is 0 Å². The number of fused-ring (bicyclic) bond motifs is 1. The van der Waals surface area contributed by atoms with Crippen LogP contribution in [-0.4, -0.2) is 16.7 Å². The first kappa shape index (κ1) is 10.2. The Morgan fingerprint density at radius 2 is 2.20 bits per heavy atom. The number of nitrogens with zero attached hydrogens (tertiary/aromatic N) is 1. The fraction of sp³-hybridized carbons (Fsp3) is 0.417. The molecule has 1 heterocycles. The predicted octanol–water partition coefficient (Wildman–Crippen LogP) is 2.19. The van der Waals surface area contributed by atoms with Crippen LogP contribution in [0.1, 0.15) is 31.0 Å². The van der Waals surface area contributed by atoms with Gasteiger partial charge in [-0.1, -0.05) is 26.0 Å². The SMILES string of the molecule is CC(C)c1[nH]nc2cc(CCN)ccc12. The number of benzene rings is 1. The maximum absolute atomic E-state index is 5.53. The molecular weight excluding hydrogens is 186 g/mol. The van der Waals surface area contributed by atoms with E-state index in [-0.39, 0.29) is 0 Å². The molecule has 0 bridgehead atoms. The lowest BCUT2D eigenvalue weighted by Crippen LogP contribution is -2.02. The lowest BCUT2D eigenvalue weighted by Gasteiger charge is -2.02. The molecular formula is C12H17N3. The van der Waals surface area contributed by atoms with Crippen LogP contribution in [0, 0.1) is 0 Å². The third-order valence-electron chi connectivity index (χ3n) is 2.66. The molecule has 2 rings (SSSR count). The van der Waals surface area contributed by atoms with Crippen molar-refractivity contribution >= 4 is 10.9 Å². The molecule has 0 amide bonds. The Morgan fingerprint density at radius 1 is 1.40 bits per heavy atom. The second kappa shape index (κ2) is 4.03. The van der Waals surface area contributed by atoms with Crippen LogP contribution in [0.4, 0.5) is 0 Å². The van der Waals surface area contributed by atoms with Gasteiger partial charge >= 0.3 is 0 Å². The standard InChI is InChI=1S/C12H17N3/c1-8(2)12-10-4-3-9(5-6-13)7-11(10)14-15-12/h3-4,7-8H,5-6,13H2,1-2H3,(H,14,15). The molecule has 0 aliphatic heterocycles. The second-order valence-electron chi connectivity index (χ2n) is 4.18. The highest BCUT2D eigenvalue weighted by Gasteiger charge is 2.08. The number of aromatic amines is 1. The zero-order chi connectivity index (χ0) is 10.8. The Bertz CT molecular complexity index is 457. The fourth-order valence-electron chi connectivity index (χ4n) is 1.84. The third kappa shape index (κ3) is 1.88. The summed E-state index contributed by atoms with van der Waals surface area (Å²) >= 11 is 0. The number of hydrogen-bond acceptors (Lipinski definition) is 2. The van der Waals surface area contributed by atoms with Crippen LogP contribution in [0.5, 0.6) is 0 Å². The first-order valence-electron chi connectivity index (χ1n) is 5.39. The molecule has 0 saturated carbocycles. The molecule has 0 unspecified atom stereocenters. The first-order chi connectivity index (χ1) is 7.22. The lowest BCUT2D eigenvalue weighted by atomic mass is 10.0.